The fourth-order valence-electron chi connectivity index (χ4n) is 3.06. The Morgan fingerprint density at radius 3 is 2.48 bits per heavy atom. The highest BCUT2D eigenvalue weighted by Crippen LogP contribution is 2.26. The number of hydrogen-bond acceptors (Lipinski definition) is 4. The molecule has 3 rings (SSSR count). The maximum Gasteiger partial charge on any atom is 0.262 e. The zero-order valence-electron chi connectivity index (χ0n) is 15.6. The maximum atomic E-state index is 12.7. The van der Waals surface area contributed by atoms with E-state index in [1.165, 1.54) is 10.5 Å². The Morgan fingerprint density at radius 2 is 1.93 bits per heavy atom. The molecule has 1 fully saturated rings. The molecule has 7 nitrogen and oxygen atoms in total. The highest BCUT2D eigenvalue weighted by molar-refractivity contribution is 9.10. The van der Waals surface area contributed by atoms with Crippen LogP contribution in [0.1, 0.15) is 24.2 Å². The number of carbonyl (C=O) groups is 1. The summed E-state index contributed by atoms with van der Waals surface area (Å²) < 4.78 is 29.5. The van der Waals surface area contributed by atoms with Gasteiger partial charge in [-0.15, -0.1) is 0 Å². The molecule has 146 valence electrons. The number of amides is 1. The Balaban J connectivity index is 1.62. The lowest BCUT2D eigenvalue weighted by Gasteiger charge is -2.30. The largest absolute Gasteiger partial charge is 0.337 e. The zero-order chi connectivity index (χ0) is 19.8. The van der Waals surface area contributed by atoms with Gasteiger partial charge in [0.2, 0.25) is 5.91 Å². The van der Waals surface area contributed by atoms with E-state index in [2.05, 4.69) is 26.2 Å². The first-order valence-corrected chi connectivity index (χ1v) is 11.0. The maximum absolute atomic E-state index is 12.7. The van der Waals surface area contributed by atoms with Crippen molar-refractivity contribution in [3.05, 3.63) is 40.3 Å². The molecular weight excluding hydrogens is 432 g/mol. The predicted octanol–water partition coefficient (Wildman–Crippen LogP) is 2.84. The lowest BCUT2D eigenvalue weighted by atomic mass is 9.97. The summed E-state index contributed by atoms with van der Waals surface area (Å²) in [5, 5.41) is 2.99. The van der Waals surface area contributed by atoms with Gasteiger partial charge in [0.05, 0.1) is 0 Å². The average Bonchev–Trinajstić information content (AvgIpc) is 2.98. The third-order valence-electron chi connectivity index (χ3n) is 4.95. The van der Waals surface area contributed by atoms with Gasteiger partial charge in [-0.2, -0.15) is 4.31 Å². The number of aryl methyl sites for hydroxylation is 3. The first-order chi connectivity index (χ1) is 12.7. The molecule has 1 aliphatic rings. The molecule has 1 amide bonds. The molecule has 2 heterocycles. The van der Waals surface area contributed by atoms with Crippen molar-refractivity contribution in [2.75, 3.05) is 18.4 Å². The van der Waals surface area contributed by atoms with Crippen LogP contribution in [0.5, 0.6) is 0 Å². The minimum Gasteiger partial charge on any atom is -0.337 e. The van der Waals surface area contributed by atoms with Crippen LogP contribution in [0.25, 0.3) is 0 Å². The van der Waals surface area contributed by atoms with E-state index >= 15 is 0 Å². The fourth-order valence-corrected chi connectivity index (χ4v) is 4.93. The molecular formula is C18H23BrN4O3S. The lowest BCUT2D eigenvalue weighted by Crippen LogP contribution is -2.41. The fraction of sp³-hybridized carbons (Fsp3) is 0.444. The first-order valence-electron chi connectivity index (χ1n) is 8.75. The van der Waals surface area contributed by atoms with Crippen molar-refractivity contribution in [2.45, 2.75) is 31.7 Å². The average molecular weight is 455 g/mol. The smallest absolute Gasteiger partial charge is 0.262 e. The normalized spacial score (nSPS) is 16.4. The van der Waals surface area contributed by atoms with Crippen molar-refractivity contribution in [2.24, 2.45) is 13.0 Å². The molecule has 1 saturated heterocycles. The molecule has 0 atom stereocenters. The first kappa shape index (κ1) is 20.0. The second-order valence-electron chi connectivity index (χ2n) is 6.87. The zero-order valence-corrected chi connectivity index (χ0v) is 18.0. The van der Waals surface area contributed by atoms with Gasteiger partial charge >= 0.3 is 0 Å². The van der Waals surface area contributed by atoms with Crippen molar-refractivity contribution in [3.63, 3.8) is 0 Å². The molecule has 2 aromatic rings. The van der Waals surface area contributed by atoms with E-state index in [0.29, 0.717) is 31.8 Å². The van der Waals surface area contributed by atoms with E-state index in [1.807, 2.05) is 25.1 Å². The van der Waals surface area contributed by atoms with Crippen molar-refractivity contribution in [1.82, 2.24) is 13.9 Å². The van der Waals surface area contributed by atoms with Gasteiger partial charge in [0.15, 0.2) is 5.03 Å². The van der Waals surface area contributed by atoms with E-state index in [4.69, 9.17) is 0 Å². The van der Waals surface area contributed by atoms with Crippen LogP contribution in [0.2, 0.25) is 0 Å². The molecule has 0 aliphatic carbocycles. The molecule has 0 spiro atoms. The van der Waals surface area contributed by atoms with Crippen molar-refractivity contribution < 1.29 is 13.2 Å². The van der Waals surface area contributed by atoms with Gasteiger partial charge in [0.1, 0.15) is 5.82 Å². The summed E-state index contributed by atoms with van der Waals surface area (Å²) >= 11 is 3.46. The van der Waals surface area contributed by atoms with E-state index in [1.54, 1.807) is 18.5 Å². The topological polar surface area (TPSA) is 84.3 Å². The molecule has 27 heavy (non-hydrogen) atoms. The summed E-state index contributed by atoms with van der Waals surface area (Å²) in [6.07, 6.45) is 2.51. The van der Waals surface area contributed by atoms with Gasteiger partial charge < -0.3 is 9.88 Å². The highest BCUT2D eigenvalue weighted by atomic mass is 79.9. The summed E-state index contributed by atoms with van der Waals surface area (Å²) in [5.41, 5.74) is 1.83. The number of piperidine rings is 1. The number of carbonyl (C=O) groups excluding carboxylic acids is 1. The number of nitrogens with one attached hydrogen (secondary N) is 1. The van der Waals surface area contributed by atoms with Crippen molar-refractivity contribution in [3.8, 4) is 0 Å². The Labute approximate surface area is 168 Å². The highest BCUT2D eigenvalue weighted by Gasteiger charge is 2.33. The number of rotatable bonds is 4. The van der Waals surface area contributed by atoms with E-state index in [0.717, 1.165) is 15.7 Å². The second-order valence-corrected chi connectivity index (χ2v) is 9.61. The van der Waals surface area contributed by atoms with E-state index in [-0.39, 0.29) is 16.9 Å². The molecule has 0 saturated carbocycles. The quantitative estimate of drug-likeness (QED) is 0.769. The molecule has 0 bridgehead atoms. The van der Waals surface area contributed by atoms with Crippen LogP contribution in [0.4, 0.5) is 5.69 Å². The van der Waals surface area contributed by atoms with Gasteiger partial charge in [-0.05, 0) is 44.4 Å². The van der Waals surface area contributed by atoms with Gasteiger partial charge in [-0.1, -0.05) is 22.0 Å². The van der Waals surface area contributed by atoms with E-state index in [9.17, 15) is 13.2 Å². The molecule has 0 radical (unpaired) electrons. The number of sulfonamides is 1. The Bertz CT molecular complexity index is 943. The van der Waals surface area contributed by atoms with Gasteiger partial charge in [0, 0.05) is 42.4 Å². The summed E-state index contributed by atoms with van der Waals surface area (Å²) in [6, 6.07) is 5.67. The minimum atomic E-state index is -3.62. The second kappa shape index (κ2) is 7.73. The van der Waals surface area contributed by atoms with Crippen molar-refractivity contribution in [1.29, 1.82) is 0 Å². The monoisotopic (exact) mass is 454 g/mol. The Kier molecular flexibility index (Phi) is 5.73. The van der Waals surface area contributed by atoms with Crippen LogP contribution in [0, 0.1) is 19.8 Å². The summed E-state index contributed by atoms with van der Waals surface area (Å²) in [7, 11) is -1.85. The van der Waals surface area contributed by atoms with Crippen LogP contribution in [-0.2, 0) is 21.9 Å². The number of hydrogen-bond donors (Lipinski definition) is 1. The van der Waals surface area contributed by atoms with Gasteiger partial charge in [-0.3, -0.25) is 4.79 Å². The molecule has 0 unspecified atom stereocenters. The number of anilines is 1. The molecule has 9 heteroatoms. The number of nitrogens with zero attached hydrogens (tertiary/aromatic N) is 3. The third-order valence-corrected chi connectivity index (χ3v) is 7.58. The Morgan fingerprint density at radius 1 is 1.26 bits per heavy atom. The van der Waals surface area contributed by atoms with Gasteiger partial charge in [0.25, 0.3) is 10.0 Å². The number of benzene rings is 1. The third kappa shape index (κ3) is 4.25. The summed E-state index contributed by atoms with van der Waals surface area (Å²) in [4.78, 5) is 16.7. The Hall–Kier alpha value is -1.71. The molecule has 1 N–H and O–H groups in total. The van der Waals surface area contributed by atoms with Crippen LogP contribution in [0.3, 0.4) is 0 Å². The molecule has 1 aliphatic heterocycles. The predicted molar refractivity (Wildman–Crippen MR) is 107 cm³/mol. The minimum absolute atomic E-state index is 0.0647. The molecule has 1 aromatic heterocycles. The standard InChI is InChI=1S/C18H23BrN4O3S/c1-12-4-5-15(10-16(12)19)21-18(24)14-6-8-23(9-7-14)27(25,26)17-11-22(3)13(2)20-17/h4-5,10-11,14H,6-9H2,1-3H3,(H,21,24). The van der Waals surface area contributed by atoms with E-state index < -0.39 is 10.0 Å². The SMILES string of the molecule is Cc1ccc(NC(=O)C2CCN(S(=O)(=O)c3cn(C)c(C)n3)CC2)cc1Br. The molecule has 1 aromatic carbocycles. The van der Waals surface area contributed by atoms with Crippen LogP contribution < -0.4 is 5.32 Å². The van der Waals surface area contributed by atoms with Crippen LogP contribution >= 0.6 is 15.9 Å². The van der Waals surface area contributed by atoms with Gasteiger partial charge in [-0.25, -0.2) is 13.4 Å². The summed E-state index contributed by atoms with van der Waals surface area (Å²) in [6.45, 7) is 4.37. The number of imidazole rings is 1. The summed E-state index contributed by atoms with van der Waals surface area (Å²) in [5.74, 6) is 0.366. The van der Waals surface area contributed by atoms with Crippen LogP contribution in [0.15, 0.2) is 33.9 Å². The van der Waals surface area contributed by atoms with Crippen molar-refractivity contribution >= 4 is 37.5 Å². The van der Waals surface area contributed by atoms with Crippen LogP contribution in [-0.4, -0.2) is 41.3 Å². The number of halogens is 1. The lowest BCUT2D eigenvalue weighted by molar-refractivity contribution is -0.120. The number of aromatic nitrogens is 2.